The first-order valence-electron chi connectivity index (χ1n) is 12.4. The Morgan fingerprint density at radius 3 is 2.26 bits per heavy atom. The van der Waals surface area contributed by atoms with E-state index in [4.69, 9.17) is 4.74 Å². The molecule has 5 nitrogen and oxygen atoms in total. The van der Waals surface area contributed by atoms with Gasteiger partial charge in [-0.3, -0.25) is 9.59 Å². The van der Waals surface area contributed by atoms with Crippen LogP contribution >= 0.6 is 0 Å². The van der Waals surface area contributed by atoms with E-state index >= 15 is 0 Å². The van der Waals surface area contributed by atoms with Crippen molar-refractivity contribution < 1.29 is 18.7 Å². The fourth-order valence-corrected chi connectivity index (χ4v) is 4.43. The van der Waals surface area contributed by atoms with Gasteiger partial charge in [0.2, 0.25) is 5.91 Å². The lowest BCUT2D eigenvalue weighted by Gasteiger charge is -2.32. The zero-order valence-corrected chi connectivity index (χ0v) is 20.6. The zero-order chi connectivity index (χ0) is 24.5. The van der Waals surface area contributed by atoms with Crippen molar-refractivity contribution in [3.63, 3.8) is 0 Å². The van der Waals surface area contributed by atoms with Crippen molar-refractivity contribution in [3.8, 4) is 5.75 Å². The molecule has 0 spiro atoms. The summed E-state index contributed by atoms with van der Waals surface area (Å²) in [6.45, 7) is 6.19. The maximum absolute atomic E-state index is 13.4. The minimum Gasteiger partial charge on any atom is -0.484 e. The standard InChI is InChI=1S/C28H37FN2O3/c1-4-26(28(33)30-24-8-6-5-7-9-24)31(18-21-10-14-23(29)15-11-21)27(32)19-34-25-16-12-22(13-17-25)20(2)3/h10-17,20,24,26H,4-9,18-19H2,1-3H3,(H,30,33)/t26-/m0/s1. The Balaban J connectivity index is 1.73. The summed E-state index contributed by atoms with van der Waals surface area (Å²) in [6.07, 6.45) is 5.86. The number of carbonyl (C=O) groups excluding carboxylic acids is 2. The number of amides is 2. The van der Waals surface area contributed by atoms with Gasteiger partial charge in [0.05, 0.1) is 0 Å². The third-order valence-corrected chi connectivity index (χ3v) is 6.51. The molecular weight excluding hydrogens is 431 g/mol. The normalized spacial score (nSPS) is 15.1. The highest BCUT2D eigenvalue weighted by molar-refractivity contribution is 5.88. The Morgan fingerprint density at radius 2 is 1.68 bits per heavy atom. The van der Waals surface area contributed by atoms with Crippen LogP contribution in [0, 0.1) is 5.82 Å². The Labute approximate surface area is 202 Å². The minimum absolute atomic E-state index is 0.133. The quantitative estimate of drug-likeness (QED) is 0.495. The van der Waals surface area contributed by atoms with Crippen LogP contribution in [0.4, 0.5) is 4.39 Å². The van der Waals surface area contributed by atoms with Crippen molar-refractivity contribution in [2.24, 2.45) is 0 Å². The third-order valence-electron chi connectivity index (χ3n) is 6.51. The van der Waals surface area contributed by atoms with Crippen molar-refractivity contribution in [1.29, 1.82) is 0 Å². The summed E-state index contributed by atoms with van der Waals surface area (Å²) in [5.41, 5.74) is 1.96. The largest absolute Gasteiger partial charge is 0.484 e. The average Bonchev–Trinajstić information content (AvgIpc) is 2.84. The van der Waals surface area contributed by atoms with Gasteiger partial charge in [-0.15, -0.1) is 0 Å². The average molecular weight is 469 g/mol. The van der Waals surface area contributed by atoms with Crippen LogP contribution in [-0.4, -0.2) is 35.4 Å². The van der Waals surface area contributed by atoms with Gasteiger partial charge in [-0.2, -0.15) is 0 Å². The topological polar surface area (TPSA) is 58.6 Å². The van der Waals surface area contributed by atoms with E-state index in [1.807, 2.05) is 31.2 Å². The number of nitrogens with zero attached hydrogens (tertiary/aromatic N) is 1. The van der Waals surface area contributed by atoms with E-state index < -0.39 is 6.04 Å². The summed E-state index contributed by atoms with van der Waals surface area (Å²) >= 11 is 0. The SMILES string of the molecule is CC[C@@H](C(=O)NC1CCCCC1)N(Cc1ccc(F)cc1)C(=O)COc1ccc(C(C)C)cc1. The van der Waals surface area contributed by atoms with Crippen LogP contribution < -0.4 is 10.1 Å². The van der Waals surface area contributed by atoms with E-state index in [2.05, 4.69) is 19.2 Å². The van der Waals surface area contributed by atoms with Gasteiger partial charge >= 0.3 is 0 Å². The fraction of sp³-hybridized carbons (Fsp3) is 0.500. The van der Waals surface area contributed by atoms with Crippen LogP contribution in [0.2, 0.25) is 0 Å². The molecule has 2 aromatic rings. The molecule has 0 unspecified atom stereocenters. The minimum atomic E-state index is -0.619. The van der Waals surface area contributed by atoms with Crippen LogP contribution in [0.25, 0.3) is 0 Å². The molecule has 1 saturated carbocycles. The van der Waals surface area contributed by atoms with Gasteiger partial charge in [-0.05, 0) is 60.6 Å². The molecular formula is C28H37FN2O3. The predicted octanol–water partition coefficient (Wildman–Crippen LogP) is 5.58. The summed E-state index contributed by atoms with van der Waals surface area (Å²) < 4.78 is 19.2. The van der Waals surface area contributed by atoms with Crippen molar-refractivity contribution in [3.05, 3.63) is 65.5 Å². The smallest absolute Gasteiger partial charge is 0.261 e. The van der Waals surface area contributed by atoms with Gasteiger partial charge in [-0.25, -0.2) is 4.39 Å². The second kappa shape index (κ2) is 12.5. The van der Waals surface area contributed by atoms with Crippen LogP contribution in [0.15, 0.2) is 48.5 Å². The Hall–Kier alpha value is -2.89. The first kappa shape index (κ1) is 25.7. The first-order chi connectivity index (χ1) is 16.4. The van der Waals surface area contributed by atoms with E-state index in [1.165, 1.54) is 24.1 Å². The van der Waals surface area contributed by atoms with E-state index in [-0.39, 0.29) is 36.8 Å². The summed E-state index contributed by atoms with van der Waals surface area (Å²) in [5.74, 6) is 0.278. The Bertz CT molecular complexity index is 922. The highest BCUT2D eigenvalue weighted by Gasteiger charge is 2.30. The molecule has 1 N–H and O–H groups in total. The predicted molar refractivity (Wildman–Crippen MR) is 132 cm³/mol. The molecule has 0 aliphatic heterocycles. The van der Waals surface area contributed by atoms with Gasteiger partial charge < -0.3 is 15.0 Å². The molecule has 1 aliphatic rings. The van der Waals surface area contributed by atoms with E-state index in [0.717, 1.165) is 31.2 Å². The van der Waals surface area contributed by atoms with Gasteiger partial charge in [0.15, 0.2) is 6.61 Å². The maximum atomic E-state index is 13.4. The van der Waals surface area contributed by atoms with Gasteiger partial charge in [0.25, 0.3) is 5.91 Å². The second-order valence-corrected chi connectivity index (χ2v) is 9.43. The highest BCUT2D eigenvalue weighted by Crippen LogP contribution is 2.21. The molecule has 34 heavy (non-hydrogen) atoms. The Morgan fingerprint density at radius 1 is 1.03 bits per heavy atom. The van der Waals surface area contributed by atoms with Crippen molar-refractivity contribution in [1.82, 2.24) is 10.2 Å². The zero-order valence-electron chi connectivity index (χ0n) is 20.6. The highest BCUT2D eigenvalue weighted by atomic mass is 19.1. The van der Waals surface area contributed by atoms with Crippen LogP contribution in [0.3, 0.4) is 0 Å². The monoisotopic (exact) mass is 468 g/mol. The summed E-state index contributed by atoms with van der Waals surface area (Å²) in [4.78, 5) is 28.1. The number of ether oxygens (including phenoxy) is 1. The van der Waals surface area contributed by atoms with E-state index in [1.54, 1.807) is 17.0 Å². The van der Waals surface area contributed by atoms with Crippen molar-refractivity contribution >= 4 is 11.8 Å². The molecule has 1 fully saturated rings. The van der Waals surface area contributed by atoms with Crippen LogP contribution in [-0.2, 0) is 16.1 Å². The maximum Gasteiger partial charge on any atom is 0.261 e. The van der Waals surface area contributed by atoms with Gasteiger partial charge in [-0.1, -0.05) is 64.3 Å². The molecule has 2 aromatic carbocycles. The molecule has 6 heteroatoms. The summed E-state index contributed by atoms with van der Waals surface area (Å²) in [7, 11) is 0. The first-order valence-corrected chi connectivity index (χ1v) is 12.4. The lowest BCUT2D eigenvalue weighted by molar-refractivity contribution is -0.143. The lowest BCUT2D eigenvalue weighted by atomic mass is 9.95. The number of carbonyl (C=O) groups is 2. The second-order valence-electron chi connectivity index (χ2n) is 9.43. The molecule has 0 heterocycles. The number of halogens is 1. The molecule has 0 aromatic heterocycles. The molecule has 0 radical (unpaired) electrons. The lowest BCUT2D eigenvalue weighted by Crippen LogP contribution is -2.52. The summed E-state index contributed by atoms with van der Waals surface area (Å²) in [6, 6.07) is 13.3. The van der Waals surface area contributed by atoms with Crippen LogP contribution in [0.5, 0.6) is 5.75 Å². The fourth-order valence-electron chi connectivity index (χ4n) is 4.43. The van der Waals surface area contributed by atoms with E-state index in [9.17, 15) is 14.0 Å². The third kappa shape index (κ3) is 7.31. The molecule has 184 valence electrons. The van der Waals surface area contributed by atoms with E-state index in [0.29, 0.717) is 18.1 Å². The van der Waals surface area contributed by atoms with Gasteiger partial charge in [0.1, 0.15) is 17.6 Å². The molecule has 3 rings (SSSR count). The van der Waals surface area contributed by atoms with Crippen molar-refractivity contribution in [2.75, 3.05) is 6.61 Å². The number of hydrogen-bond donors (Lipinski definition) is 1. The number of nitrogens with one attached hydrogen (secondary N) is 1. The summed E-state index contributed by atoms with van der Waals surface area (Å²) in [5, 5.41) is 3.16. The van der Waals surface area contributed by atoms with Crippen LogP contribution in [0.1, 0.15) is 76.3 Å². The molecule has 1 aliphatic carbocycles. The number of benzene rings is 2. The Kier molecular flexibility index (Phi) is 9.49. The van der Waals surface area contributed by atoms with Crippen molar-refractivity contribution in [2.45, 2.75) is 83.8 Å². The molecule has 2 amide bonds. The number of rotatable bonds is 10. The van der Waals surface area contributed by atoms with Gasteiger partial charge in [0, 0.05) is 12.6 Å². The molecule has 1 atom stereocenters. The number of hydrogen-bond acceptors (Lipinski definition) is 3. The molecule has 0 saturated heterocycles. The molecule has 0 bridgehead atoms.